The molecule has 0 bridgehead atoms. The number of carbonyl (C=O) groups excluding carboxylic acids is 3. The molecular weight excluding hydrogens is 537 g/mol. The van der Waals surface area contributed by atoms with Gasteiger partial charge in [0.1, 0.15) is 18.7 Å². The quantitative estimate of drug-likeness (QED) is 0.492. The Balaban J connectivity index is 1.18. The highest BCUT2D eigenvalue weighted by Crippen LogP contribution is 2.45. The fourth-order valence-corrected chi connectivity index (χ4v) is 6.40. The van der Waals surface area contributed by atoms with Crippen molar-refractivity contribution in [3.8, 4) is 0 Å². The number of pyridine rings is 1. The predicted molar refractivity (Wildman–Crippen MR) is 141 cm³/mol. The maximum Gasteiger partial charge on any atom is 0.406 e. The van der Waals surface area contributed by atoms with Crippen LogP contribution in [0.2, 0.25) is 0 Å². The molecular formula is C29H27F3N6O3. The maximum atomic E-state index is 13.4. The molecule has 3 amide bonds. The molecule has 6 rings (SSSR count). The highest BCUT2D eigenvalue weighted by atomic mass is 19.4. The molecule has 41 heavy (non-hydrogen) atoms. The van der Waals surface area contributed by atoms with Crippen LogP contribution in [0, 0.1) is 5.92 Å². The van der Waals surface area contributed by atoms with E-state index in [0.717, 1.165) is 16.0 Å². The van der Waals surface area contributed by atoms with Crippen molar-refractivity contribution >= 4 is 23.5 Å². The Morgan fingerprint density at radius 1 is 1.15 bits per heavy atom. The number of anilines is 1. The van der Waals surface area contributed by atoms with E-state index in [-0.39, 0.29) is 23.9 Å². The number of likely N-dealkylation sites (tertiary alicyclic amines) is 1. The average Bonchev–Trinajstić information content (AvgIpc) is 3.47. The van der Waals surface area contributed by atoms with Gasteiger partial charge >= 0.3 is 6.18 Å². The molecule has 1 aliphatic carbocycles. The molecule has 2 N–H and O–H groups in total. The number of aromatic nitrogens is 3. The number of piperidine rings is 1. The largest absolute Gasteiger partial charge is 0.406 e. The third kappa shape index (κ3) is 4.81. The summed E-state index contributed by atoms with van der Waals surface area (Å²) in [6.45, 7) is 0.170. The minimum atomic E-state index is -4.55. The van der Waals surface area contributed by atoms with Crippen LogP contribution < -0.4 is 10.6 Å². The highest BCUT2D eigenvalue weighted by molar-refractivity contribution is 6.06. The van der Waals surface area contributed by atoms with Crippen molar-refractivity contribution in [1.82, 2.24) is 25.2 Å². The number of alkyl halides is 3. The van der Waals surface area contributed by atoms with Crippen LogP contribution in [0.15, 0.2) is 55.1 Å². The van der Waals surface area contributed by atoms with Crippen LogP contribution in [0.5, 0.6) is 0 Å². The molecule has 2 aromatic heterocycles. The van der Waals surface area contributed by atoms with Gasteiger partial charge in [-0.1, -0.05) is 30.3 Å². The van der Waals surface area contributed by atoms with Crippen molar-refractivity contribution < 1.29 is 27.6 Å². The van der Waals surface area contributed by atoms with Gasteiger partial charge in [-0.15, -0.1) is 0 Å². The number of fused-ring (bicyclic) bond motifs is 3. The normalized spacial score (nSPS) is 25.2. The third-order valence-electron chi connectivity index (χ3n) is 8.51. The van der Waals surface area contributed by atoms with Gasteiger partial charge in [0.2, 0.25) is 11.8 Å². The molecule has 9 nitrogen and oxygen atoms in total. The number of amides is 3. The van der Waals surface area contributed by atoms with Crippen molar-refractivity contribution in [2.75, 3.05) is 18.4 Å². The summed E-state index contributed by atoms with van der Waals surface area (Å²) in [4.78, 5) is 52.8. The van der Waals surface area contributed by atoms with Gasteiger partial charge in [-0.25, -0.2) is 9.97 Å². The van der Waals surface area contributed by atoms with Crippen molar-refractivity contribution in [2.24, 2.45) is 5.92 Å². The van der Waals surface area contributed by atoms with E-state index >= 15 is 0 Å². The number of rotatable bonds is 5. The summed E-state index contributed by atoms with van der Waals surface area (Å²) < 4.78 is 40.2. The fourth-order valence-electron chi connectivity index (χ4n) is 6.40. The lowest BCUT2D eigenvalue weighted by Gasteiger charge is -2.43. The molecule has 4 heterocycles. The second kappa shape index (κ2) is 9.93. The first-order chi connectivity index (χ1) is 19.6. The number of nitrogens with one attached hydrogen (secondary N) is 2. The SMILES string of the molecule is C[C@@H]1C(c2ccccc2)C[C@H](CNC(=O)c2cnc3c(c2)C[C@@]2(C3)C(=O)Nc3ncncc32)C(=O)N1CC(F)(F)F. The Kier molecular flexibility index (Phi) is 6.50. The van der Waals surface area contributed by atoms with Crippen LogP contribution in [-0.2, 0) is 27.8 Å². The smallest absolute Gasteiger partial charge is 0.351 e. The Hall–Kier alpha value is -4.35. The van der Waals surface area contributed by atoms with Gasteiger partial charge in [-0.3, -0.25) is 19.4 Å². The number of hydrogen-bond acceptors (Lipinski definition) is 6. The zero-order chi connectivity index (χ0) is 28.9. The summed E-state index contributed by atoms with van der Waals surface area (Å²) >= 11 is 0. The molecule has 3 aromatic rings. The first-order valence-corrected chi connectivity index (χ1v) is 13.4. The molecule has 212 valence electrons. The van der Waals surface area contributed by atoms with Crippen molar-refractivity contribution in [3.63, 3.8) is 0 Å². The van der Waals surface area contributed by atoms with Crippen LogP contribution in [0.1, 0.15) is 52.0 Å². The van der Waals surface area contributed by atoms with Crippen LogP contribution in [0.25, 0.3) is 0 Å². The molecule has 0 radical (unpaired) electrons. The molecule has 1 aromatic carbocycles. The Morgan fingerprint density at radius 2 is 1.93 bits per heavy atom. The van der Waals surface area contributed by atoms with Crippen LogP contribution >= 0.6 is 0 Å². The van der Waals surface area contributed by atoms with E-state index in [1.165, 1.54) is 12.5 Å². The summed E-state index contributed by atoms with van der Waals surface area (Å²) in [6.07, 6.45) is 0.826. The van der Waals surface area contributed by atoms with Gasteiger partial charge in [0.15, 0.2) is 0 Å². The molecule has 1 saturated heterocycles. The fraction of sp³-hybridized carbons (Fsp3) is 0.379. The summed E-state index contributed by atoms with van der Waals surface area (Å²) in [5, 5.41) is 5.53. The van der Waals surface area contributed by atoms with Gasteiger partial charge in [0.25, 0.3) is 5.91 Å². The highest BCUT2D eigenvalue weighted by Gasteiger charge is 2.52. The van der Waals surface area contributed by atoms with Crippen LogP contribution in [0.4, 0.5) is 19.0 Å². The summed E-state index contributed by atoms with van der Waals surface area (Å²) in [7, 11) is 0. The molecule has 0 saturated carbocycles. The lowest BCUT2D eigenvalue weighted by atomic mass is 9.79. The van der Waals surface area contributed by atoms with Crippen molar-refractivity contribution in [3.05, 3.63) is 83.1 Å². The molecule has 3 aliphatic rings. The molecule has 2 aliphatic heterocycles. The first kappa shape index (κ1) is 26.9. The van der Waals surface area contributed by atoms with E-state index in [1.54, 1.807) is 19.2 Å². The summed E-state index contributed by atoms with van der Waals surface area (Å²) in [6, 6.07) is 10.2. The van der Waals surface area contributed by atoms with E-state index in [2.05, 4.69) is 25.6 Å². The summed E-state index contributed by atoms with van der Waals surface area (Å²) in [5.41, 5.74) is 2.32. The second-order valence-electron chi connectivity index (χ2n) is 11.0. The Bertz CT molecular complexity index is 1530. The van der Waals surface area contributed by atoms with E-state index in [4.69, 9.17) is 0 Å². The predicted octanol–water partition coefficient (Wildman–Crippen LogP) is 3.17. The van der Waals surface area contributed by atoms with Crippen LogP contribution in [-0.4, -0.2) is 62.9 Å². The first-order valence-electron chi connectivity index (χ1n) is 13.4. The zero-order valence-electron chi connectivity index (χ0n) is 22.1. The van der Waals surface area contributed by atoms with Crippen LogP contribution in [0.3, 0.4) is 0 Å². The van der Waals surface area contributed by atoms with E-state index in [1.807, 2.05) is 30.3 Å². The number of halogens is 3. The van der Waals surface area contributed by atoms with Gasteiger partial charge < -0.3 is 15.5 Å². The Labute approximate surface area is 233 Å². The average molecular weight is 565 g/mol. The number of carbonyl (C=O) groups is 3. The minimum absolute atomic E-state index is 0.115. The topological polar surface area (TPSA) is 117 Å². The number of hydrogen-bond donors (Lipinski definition) is 2. The zero-order valence-corrected chi connectivity index (χ0v) is 22.1. The van der Waals surface area contributed by atoms with Crippen molar-refractivity contribution in [2.45, 2.75) is 49.7 Å². The molecule has 12 heteroatoms. The van der Waals surface area contributed by atoms with Crippen molar-refractivity contribution in [1.29, 1.82) is 0 Å². The second-order valence-corrected chi connectivity index (χ2v) is 11.0. The monoisotopic (exact) mass is 564 g/mol. The van der Waals surface area contributed by atoms with E-state index < -0.39 is 41.9 Å². The Morgan fingerprint density at radius 3 is 2.68 bits per heavy atom. The van der Waals surface area contributed by atoms with Gasteiger partial charge in [0.05, 0.1) is 16.9 Å². The van der Waals surface area contributed by atoms with Gasteiger partial charge in [0, 0.05) is 48.6 Å². The lowest BCUT2D eigenvalue weighted by molar-refractivity contribution is -0.172. The summed E-state index contributed by atoms with van der Waals surface area (Å²) in [5.74, 6) is -2.00. The third-order valence-corrected chi connectivity index (χ3v) is 8.51. The van der Waals surface area contributed by atoms with E-state index in [9.17, 15) is 27.6 Å². The van der Waals surface area contributed by atoms with E-state index in [0.29, 0.717) is 36.3 Å². The molecule has 1 spiro atoms. The molecule has 1 fully saturated rings. The van der Waals surface area contributed by atoms with Gasteiger partial charge in [-0.2, -0.15) is 13.2 Å². The maximum absolute atomic E-state index is 13.4. The minimum Gasteiger partial charge on any atom is -0.351 e. The molecule has 1 unspecified atom stereocenters. The molecule has 4 atom stereocenters. The van der Waals surface area contributed by atoms with Gasteiger partial charge in [-0.05, 0) is 37.0 Å². The number of benzene rings is 1. The number of nitrogens with zero attached hydrogens (tertiary/aromatic N) is 4. The lowest BCUT2D eigenvalue weighted by Crippen LogP contribution is -2.55. The standard InChI is InChI=1S/C29H27F3N6O3/c1-16-21(17-5-3-2-4-6-17)8-20(26(40)38(16)14-29(30,31)32)12-35-25(39)19-7-18-9-28(10-23(18)34-11-19)22-13-33-15-36-24(22)37-27(28)41/h2-7,11,13,15-16,20-21H,8-10,12,14H2,1H3,(H,35,39)(H,33,36,37,41)/t16-,20-,21?,28+/m1/s1.